The molecule has 1 heterocycles. The summed E-state index contributed by atoms with van der Waals surface area (Å²) in [5.41, 5.74) is 0.753. The molecule has 4 nitrogen and oxygen atoms in total. The van der Waals surface area contributed by atoms with E-state index in [9.17, 15) is 9.59 Å². The van der Waals surface area contributed by atoms with E-state index in [1.54, 1.807) is 12.4 Å². The summed E-state index contributed by atoms with van der Waals surface area (Å²) in [7, 11) is 0. The van der Waals surface area contributed by atoms with Crippen molar-refractivity contribution in [2.24, 2.45) is 5.41 Å². The number of nitrogens with zero attached hydrogens (tertiary/aromatic N) is 1. The number of pyridine rings is 1. The van der Waals surface area contributed by atoms with Crippen LogP contribution < -0.4 is 5.32 Å². The van der Waals surface area contributed by atoms with Crippen LogP contribution in [0.3, 0.4) is 0 Å². The Kier molecular flexibility index (Phi) is 5.21. The summed E-state index contributed by atoms with van der Waals surface area (Å²) >= 11 is 0. The molecule has 0 radical (unpaired) electrons. The van der Waals surface area contributed by atoms with Crippen LogP contribution in [0.25, 0.3) is 0 Å². The van der Waals surface area contributed by atoms with Gasteiger partial charge in [-0.05, 0) is 30.4 Å². The van der Waals surface area contributed by atoms with Crippen LogP contribution in [0.15, 0.2) is 24.5 Å². The van der Waals surface area contributed by atoms with Crippen LogP contribution >= 0.6 is 0 Å². The lowest BCUT2D eigenvalue weighted by Crippen LogP contribution is -2.48. The number of rotatable bonds is 5. The Morgan fingerprint density at radius 3 is 2.53 bits per heavy atom. The molecule has 4 heteroatoms. The number of carbonyl (C=O) groups excluding carboxylic acids is 2. The number of nitrogens with one attached hydrogen (secondary N) is 1. The molecule has 0 spiro atoms. The molecule has 104 valence electrons. The third-order valence-corrected chi connectivity index (χ3v) is 2.94. The van der Waals surface area contributed by atoms with Gasteiger partial charge in [0.25, 0.3) is 0 Å². The van der Waals surface area contributed by atoms with Gasteiger partial charge >= 0.3 is 0 Å². The molecule has 0 aliphatic carbocycles. The van der Waals surface area contributed by atoms with E-state index >= 15 is 0 Å². The molecule has 0 aromatic carbocycles. The predicted molar refractivity (Wildman–Crippen MR) is 74.6 cm³/mol. The lowest BCUT2D eigenvalue weighted by atomic mass is 9.84. The molecule has 1 unspecified atom stereocenters. The van der Waals surface area contributed by atoms with Gasteiger partial charge in [0.05, 0.1) is 6.04 Å². The Bertz CT molecular complexity index is 435. The van der Waals surface area contributed by atoms with Gasteiger partial charge in [0.2, 0.25) is 5.91 Å². The van der Waals surface area contributed by atoms with Crippen molar-refractivity contribution in [1.82, 2.24) is 10.3 Å². The second-order valence-electron chi connectivity index (χ2n) is 5.84. The molecule has 0 saturated heterocycles. The van der Waals surface area contributed by atoms with Gasteiger partial charge in [-0.3, -0.25) is 14.6 Å². The van der Waals surface area contributed by atoms with Crippen LogP contribution in [0.4, 0.5) is 0 Å². The number of hydrogen-bond donors (Lipinski definition) is 1. The molecule has 19 heavy (non-hydrogen) atoms. The molecule has 0 aliphatic rings. The SMILES string of the molecule is CC(=O)C(NC(=O)CCc1cccnc1)C(C)(C)C. The van der Waals surface area contributed by atoms with E-state index in [-0.39, 0.29) is 17.1 Å². The lowest BCUT2D eigenvalue weighted by Gasteiger charge is -2.29. The highest BCUT2D eigenvalue weighted by Crippen LogP contribution is 2.20. The molecular weight excluding hydrogens is 240 g/mol. The fourth-order valence-electron chi connectivity index (χ4n) is 1.96. The van der Waals surface area contributed by atoms with Crippen molar-refractivity contribution in [3.05, 3.63) is 30.1 Å². The summed E-state index contributed by atoms with van der Waals surface area (Å²) in [5.74, 6) is -0.110. The molecule has 1 N–H and O–H groups in total. The Morgan fingerprint density at radius 1 is 1.37 bits per heavy atom. The van der Waals surface area contributed by atoms with Gasteiger partial charge in [-0.2, -0.15) is 0 Å². The summed E-state index contributed by atoms with van der Waals surface area (Å²) in [6.45, 7) is 7.35. The highest BCUT2D eigenvalue weighted by molar-refractivity contribution is 5.88. The van der Waals surface area contributed by atoms with Crippen molar-refractivity contribution >= 4 is 11.7 Å². The average Bonchev–Trinajstić information content (AvgIpc) is 2.33. The van der Waals surface area contributed by atoms with E-state index in [1.165, 1.54) is 6.92 Å². The monoisotopic (exact) mass is 262 g/mol. The summed E-state index contributed by atoms with van der Waals surface area (Å²) in [6, 6.07) is 3.35. The first kappa shape index (κ1) is 15.3. The smallest absolute Gasteiger partial charge is 0.220 e. The van der Waals surface area contributed by atoms with Crippen molar-refractivity contribution in [1.29, 1.82) is 0 Å². The van der Waals surface area contributed by atoms with Gasteiger partial charge in [-0.1, -0.05) is 26.8 Å². The maximum atomic E-state index is 11.9. The van der Waals surface area contributed by atoms with Crippen LogP contribution in [-0.4, -0.2) is 22.7 Å². The number of Topliss-reactive ketones (excluding diaryl/α,β-unsaturated/α-hetero) is 1. The van der Waals surface area contributed by atoms with Gasteiger partial charge in [0, 0.05) is 18.8 Å². The minimum Gasteiger partial charge on any atom is -0.346 e. The van der Waals surface area contributed by atoms with E-state index in [4.69, 9.17) is 0 Å². The Labute approximate surface area is 114 Å². The Morgan fingerprint density at radius 2 is 2.05 bits per heavy atom. The number of carbonyl (C=O) groups is 2. The van der Waals surface area contributed by atoms with Gasteiger partial charge in [-0.15, -0.1) is 0 Å². The van der Waals surface area contributed by atoms with Crippen molar-refractivity contribution < 1.29 is 9.59 Å². The molecule has 1 aromatic heterocycles. The summed E-state index contributed by atoms with van der Waals surface area (Å²) < 4.78 is 0. The minimum atomic E-state index is -0.436. The number of hydrogen-bond acceptors (Lipinski definition) is 3. The first-order chi connectivity index (χ1) is 8.80. The van der Waals surface area contributed by atoms with E-state index in [1.807, 2.05) is 32.9 Å². The molecule has 1 atom stereocenters. The molecular formula is C15H22N2O2. The highest BCUT2D eigenvalue weighted by Gasteiger charge is 2.29. The van der Waals surface area contributed by atoms with Crippen LogP contribution in [-0.2, 0) is 16.0 Å². The van der Waals surface area contributed by atoms with E-state index in [0.29, 0.717) is 12.8 Å². The zero-order valence-electron chi connectivity index (χ0n) is 12.1. The van der Waals surface area contributed by atoms with Gasteiger partial charge in [0.1, 0.15) is 0 Å². The quantitative estimate of drug-likeness (QED) is 0.884. The molecule has 0 saturated carbocycles. The molecule has 1 rings (SSSR count). The van der Waals surface area contributed by atoms with Crippen LogP contribution in [0.1, 0.15) is 39.7 Å². The summed E-state index contributed by atoms with van der Waals surface area (Å²) in [6.07, 6.45) is 4.45. The van der Waals surface area contributed by atoms with Gasteiger partial charge in [0.15, 0.2) is 5.78 Å². The zero-order chi connectivity index (χ0) is 14.5. The van der Waals surface area contributed by atoms with E-state index in [0.717, 1.165) is 5.56 Å². The minimum absolute atomic E-state index is 0.0118. The molecule has 0 bridgehead atoms. The molecule has 1 amide bonds. The summed E-state index contributed by atoms with van der Waals surface area (Å²) in [4.78, 5) is 27.5. The maximum Gasteiger partial charge on any atom is 0.220 e. The predicted octanol–water partition coefficient (Wildman–Crippen LogP) is 2.13. The second-order valence-corrected chi connectivity index (χ2v) is 5.84. The van der Waals surface area contributed by atoms with Crippen molar-refractivity contribution in [2.75, 3.05) is 0 Å². The molecule has 0 aliphatic heterocycles. The zero-order valence-corrected chi connectivity index (χ0v) is 12.1. The molecule has 0 fully saturated rings. The number of ketones is 1. The Balaban J connectivity index is 2.52. The maximum absolute atomic E-state index is 11.9. The highest BCUT2D eigenvalue weighted by atomic mass is 16.2. The largest absolute Gasteiger partial charge is 0.346 e. The number of amides is 1. The fourth-order valence-corrected chi connectivity index (χ4v) is 1.96. The van der Waals surface area contributed by atoms with E-state index < -0.39 is 6.04 Å². The van der Waals surface area contributed by atoms with Gasteiger partial charge < -0.3 is 5.32 Å². The average molecular weight is 262 g/mol. The number of aryl methyl sites for hydroxylation is 1. The third-order valence-electron chi connectivity index (χ3n) is 2.94. The summed E-state index contributed by atoms with van der Waals surface area (Å²) in [5, 5.41) is 2.82. The first-order valence-corrected chi connectivity index (χ1v) is 6.49. The second kappa shape index (κ2) is 6.45. The van der Waals surface area contributed by atoms with Crippen molar-refractivity contribution in [3.8, 4) is 0 Å². The van der Waals surface area contributed by atoms with Gasteiger partial charge in [-0.25, -0.2) is 0 Å². The van der Waals surface area contributed by atoms with Crippen LogP contribution in [0.5, 0.6) is 0 Å². The first-order valence-electron chi connectivity index (χ1n) is 6.49. The van der Waals surface area contributed by atoms with Crippen molar-refractivity contribution in [3.63, 3.8) is 0 Å². The number of aromatic nitrogens is 1. The normalized spacial score (nSPS) is 12.8. The Hall–Kier alpha value is -1.71. The lowest BCUT2D eigenvalue weighted by molar-refractivity contribution is -0.129. The van der Waals surface area contributed by atoms with Crippen LogP contribution in [0.2, 0.25) is 0 Å². The molecule has 1 aromatic rings. The standard InChI is InChI=1S/C15H22N2O2/c1-11(18)14(15(2,3)4)17-13(19)8-7-12-6-5-9-16-10-12/h5-6,9-10,14H,7-8H2,1-4H3,(H,17,19). The van der Waals surface area contributed by atoms with E-state index in [2.05, 4.69) is 10.3 Å². The fraction of sp³-hybridized carbons (Fsp3) is 0.533. The van der Waals surface area contributed by atoms with Crippen molar-refractivity contribution in [2.45, 2.75) is 46.6 Å². The topological polar surface area (TPSA) is 59.1 Å². The van der Waals surface area contributed by atoms with Crippen LogP contribution in [0, 0.1) is 5.41 Å². The third kappa shape index (κ3) is 5.20.